The summed E-state index contributed by atoms with van der Waals surface area (Å²) < 4.78 is 16.8. The highest BCUT2D eigenvalue weighted by Gasteiger charge is 2.14. The molecule has 0 radical (unpaired) electrons. The topological polar surface area (TPSA) is 26.3 Å². The van der Waals surface area contributed by atoms with Crippen molar-refractivity contribution in [3.8, 4) is 0 Å². The van der Waals surface area contributed by atoms with Crippen LogP contribution in [0.3, 0.4) is 0 Å². The van der Waals surface area contributed by atoms with Crippen molar-refractivity contribution in [2.45, 2.75) is 17.9 Å². The lowest BCUT2D eigenvalue weighted by molar-refractivity contribution is 0.324. The molecule has 0 aromatic heterocycles. The number of fused-ring (bicyclic) bond motifs is 1. The zero-order chi connectivity index (χ0) is 12.3. The molecule has 1 heterocycles. The SMILES string of the molecule is CP(C)(=O)OCCc1cccc2c1CSSC2. The van der Waals surface area contributed by atoms with Gasteiger partial charge in [0.1, 0.15) is 0 Å². The fraction of sp³-hybridized carbons (Fsp3) is 0.500. The van der Waals surface area contributed by atoms with Gasteiger partial charge in [-0.05, 0) is 23.1 Å². The highest BCUT2D eigenvalue weighted by Crippen LogP contribution is 2.39. The molecule has 5 heteroatoms. The molecule has 0 saturated heterocycles. The van der Waals surface area contributed by atoms with Gasteiger partial charge >= 0.3 is 0 Å². The van der Waals surface area contributed by atoms with Gasteiger partial charge in [-0.25, -0.2) is 0 Å². The van der Waals surface area contributed by atoms with E-state index in [9.17, 15) is 4.57 Å². The van der Waals surface area contributed by atoms with Crippen LogP contribution >= 0.6 is 29.0 Å². The minimum absolute atomic E-state index is 0.554. The summed E-state index contributed by atoms with van der Waals surface area (Å²) in [7, 11) is 1.49. The number of rotatable bonds is 4. The van der Waals surface area contributed by atoms with Crippen LogP contribution in [-0.4, -0.2) is 19.9 Å². The van der Waals surface area contributed by atoms with E-state index in [0.29, 0.717) is 6.61 Å². The van der Waals surface area contributed by atoms with Gasteiger partial charge in [0, 0.05) is 24.8 Å². The van der Waals surface area contributed by atoms with Crippen molar-refractivity contribution in [2.75, 3.05) is 19.9 Å². The normalized spacial score (nSPS) is 15.6. The summed E-state index contributed by atoms with van der Waals surface area (Å²) in [6.45, 7) is 3.89. The van der Waals surface area contributed by atoms with Crippen LogP contribution in [0.25, 0.3) is 0 Å². The van der Waals surface area contributed by atoms with Crippen LogP contribution in [0.15, 0.2) is 18.2 Å². The lowest BCUT2D eigenvalue weighted by Crippen LogP contribution is -2.04. The molecule has 0 N–H and O–H groups in total. The van der Waals surface area contributed by atoms with Crippen LogP contribution in [0, 0.1) is 0 Å². The predicted molar refractivity (Wildman–Crippen MR) is 78.1 cm³/mol. The molecule has 2 nitrogen and oxygen atoms in total. The number of hydrogen-bond acceptors (Lipinski definition) is 4. The molecule has 0 aliphatic carbocycles. The van der Waals surface area contributed by atoms with Gasteiger partial charge in [-0.2, -0.15) is 0 Å². The van der Waals surface area contributed by atoms with E-state index in [2.05, 4.69) is 18.2 Å². The molecular weight excluding hydrogens is 271 g/mol. The van der Waals surface area contributed by atoms with Crippen LogP contribution in [0.5, 0.6) is 0 Å². The second kappa shape index (κ2) is 5.83. The molecule has 0 unspecified atom stereocenters. The van der Waals surface area contributed by atoms with Crippen molar-refractivity contribution in [3.63, 3.8) is 0 Å². The average Bonchev–Trinajstić information content (AvgIpc) is 2.28. The predicted octanol–water partition coefficient (Wildman–Crippen LogP) is 4.18. The third-order valence-electron chi connectivity index (χ3n) is 2.64. The second-order valence-electron chi connectivity index (χ2n) is 4.41. The van der Waals surface area contributed by atoms with Gasteiger partial charge in [0.25, 0.3) is 0 Å². The molecule has 94 valence electrons. The lowest BCUT2D eigenvalue weighted by atomic mass is 10.0. The summed E-state index contributed by atoms with van der Waals surface area (Å²) in [5.74, 6) is 2.17. The Kier molecular flexibility index (Phi) is 4.65. The van der Waals surface area contributed by atoms with Crippen LogP contribution in [0.1, 0.15) is 16.7 Å². The Bertz CT molecular complexity index is 442. The largest absolute Gasteiger partial charge is 0.328 e. The third kappa shape index (κ3) is 4.06. The summed E-state index contributed by atoms with van der Waals surface area (Å²) in [5.41, 5.74) is 4.26. The molecule has 1 aliphatic heterocycles. The third-order valence-corrected chi connectivity index (χ3v) is 5.66. The average molecular weight is 288 g/mol. The fourth-order valence-corrected chi connectivity index (χ4v) is 4.64. The van der Waals surface area contributed by atoms with E-state index >= 15 is 0 Å². The molecule has 17 heavy (non-hydrogen) atoms. The zero-order valence-electron chi connectivity index (χ0n) is 10.1. The fourth-order valence-electron chi connectivity index (χ4n) is 1.82. The molecule has 0 saturated carbocycles. The molecule has 2 rings (SSSR count). The molecule has 0 spiro atoms. The summed E-state index contributed by atoms with van der Waals surface area (Å²) >= 11 is 0. The van der Waals surface area contributed by atoms with E-state index in [-0.39, 0.29) is 0 Å². The minimum Gasteiger partial charge on any atom is -0.328 e. The Labute approximate surface area is 111 Å². The van der Waals surface area contributed by atoms with Crippen molar-refractivity contribution in [1.82, 2.24) is 0 Å². The van der Waals surface area contributed by atoms with Crippen LogP contribution < -0.4 is 0 Å². The van der Waals surface area contributed by atoms with Crippen LogP contribution in [-0.2, 0) is 27.0 Å². The summed E-state index contributed by atoms with van der Waals surface area (Å²) in [4.78, 5) is 0. The van der Waals surface area contributed by atoms with E-state index in [1.165, 1.54) is 16.7 Å². The summed E-state index contributed by atoms with van der Waals surface area (Å²) in [6.07, 6.45) is 0.861. The van der Waals surface area contributed by atoms with E-state index < -0.39 is 7.37 Å². The quantitative estimate of drug-likeness (QED) is 0.613. The van der Waals surface area contributed by atoms with Crippen LogP contribution in [0.4, 0.5) is 0 Å². The Morgan fingerprint density at radius 3 is 2.82 bits per heavy atom. The molecule has 0 fully saturated rings. The van der Waals surface area contributed by atoms with E-state index in [1.54, 1.807) is 13.3 Å². The van der Waals surface area contributed by atoms with Crippen molar-refractivity contribution >= 4 is 29.0 Å². The first kappa shape index (κ1) is 13.5. The van der Waals surface area contributed by atoms with Crippen molar-refractivity contribution < 1.29 is 9.09 Å². The van der Waals surface area contributed by atoms with Crippen molar-refractivity contribution in [3.05, 3.63) is 34.9 Å². The number of benzene rings is 1. The molecule has 0 bridgehead atoms. The Balaban J connectivity index is 2.03. The second-order valence-corrected chi connectivity index (χ2v) is 9.64. The molecule has 0 atom stereocenters. The molecule has 1 aromatic rings. The summed E-state index contributed by atoms with van der Waals surface area (Å²) in [5, 5.41) is 0. The number of hydrogen-bond donors (Lipinski definition) is 0. The lowest BCUT2D eigenvalue weighted by Gasteiger charge is -2.18. The highest BCUT2D eigenvalue weighted by molar-refractivity contribution is 8.76. The molecule has 1 aromatic carbocycles. The van der Waals surface area contributed by atoms with Crippen molar-refractivity contribution in [2.24, 2.45) is 0 Å². The Morgan fingerprint density at radius 2 is 2.06 bits per heavy atom. The minimum atomic E-state index is -2.34. The smallest absolute Gasteiger partial charge is 0.197 e. The first-order valence-electron chi connectivity index (χ1n) is 5.60. The molecular formula is C12H17O2PS2. The maximum atomic E-state index is 11.5. The van der Waals surface area contributed by atoms with Gasteiger partial charge in [-0.1, -0.05) is 39.8 Å². The van der Waals surface area contributed by atoms with Gasteiger partial charge in [0.2, 0.25) is 0 Å². The van der Waals surface area contributed by atoms with Gasteiger partial charge in [-0.15, -0.1) is 0 Å². The highest BCUT2D eigenvalue weighted by atomic mass is 33.1. The zero-order valence-corrected chi connectivity index (χ0v) is 12.7. The van der Waals surface area contributed by atoms with E-state index in [0.717, 1.165) is 17.9 Å². The maximum Gasteiger partial charge on any atom is 0.197 e. The van der Waals surface area contributed by atoms with Gasteiger partial charge in [0.05, 0.1) is 6.61 Å². The Hall–Kier alpha value is 0.110. The van der Waals surface area contributed by atoms with E-state index in [1.807, 2.05) is 21.6 Å². The molecule has 1 aliphatic rings. The first-order valence-corrected chi connectivity index (χ1v) is 10.6. The van der Waals surface area contributed by atoms with Gasteiger partial charge in [-0.3, -0.25) is 4.57 Å². The van der Waals surface area contributed by atoms with Gasteiger partial charge in [0.15, 0.2) is 7.37 Å². The maximum absolute atomic E-state index is 11.5. The summed E-state index contributed by atoms with van der Waals surface area (Å²) in [6, 6.07) is 6.48. The van der Waals surface area contributed by atoms with E-state index in [4.69, 9.17) is 4.52 Å². The van der Waals surface area contributed by atoms with Gasteiger partial charge < -0.3 is 4.52 Å². The molecule has 0 amide bonds. The van der Waals surface area contributed by atoms with Crippen LogP contribution in [0.2, 0.25) is 0 Å². The first-order chi connectivity index (χ1) is 8.06. The Morgan fingerprint density at radius 1 is 1.29 bits per heavy atom. The standard InChI is InChI=1S/C12H17O2PS2/c1-15(2,13)14-7-6-10-4-3-5-11-8-16-17-9-12(10)11/h3-5H,6-9H2,1-2H3. The monoisotopic (exact) mass is 288 g/mol. The van der Waals surface area contributed by atoms with Crippen molar-refractivity contribution in [1.29, 1.82) is 0 Å².